The highest BCUT2D eigenvalue weighted by atomic mass is 32.2. The van der Waals surface area contributed by atoms with Gasteiger partial charge in [0, 0.05) is 5.54 Å². The van der Waals surface area contributed by atoms with Crippen LogP contribution in [0.25, 0.3) is 0 Å². The van der Waals surface area contributed by atoms with Gasteiger partial charge >= 0.3 is 0 Å². The molecule has 0 aliphatic rings. The fraction of sp³-hybridized carbons (Fsp3) is 0.444. The molecule has 0 spiro atoms. The number of nitrogens with one attached hydrogen (secondary N) is 1. The number of hydrogen-bond acceptors (Lipinski definition) is 2. The highest BCUT2D eigenvalue weighted by molar-refractivity contribution is 7.89. The standard InChI is InChI=1S/C18H27NO2S/c1-6-13-18(5,14-7-8-15(2)3)19-22(20,21)17-11-9-16(4)10-12-17/h6,8-12,19H,1,7,13-14H2,2-5H3. The Kier molecular flexibility index (Phi) is 6.57. The zero-order valence-electron chi connectivity index (χ0n) is 14.0. The Bertz CT molecular complexity index is 626. The Morgan fingerprint density at radius 3 is 2.36 bits per heavy atom. The Labute approximate surface area is 135 Å². The quantitative estimate of drug-likeness (QED) is 0.723. The molecule has 3 nitrogen and oxygen atoms in total. The molecule has 0 aromatic heterocycles. The van der Waals surface area contributed by atoms with Crippen molar-refractivity contribution in [2.45, 2.75) is 57.4 Å². The smallest absolute Gasteiger partial charge is 0.207 e. The minimum atomic E-state index is -3.53. The Morgan fingerprint density at radius 2 is 1.86 bits per heavy atom. The van der Waals surface area contributed by atoms with Gasteiger partial charge in [-0.1, -0.05) is 35.4 Å². The summed E-state index contributed by atoms with van der Waals surface area (Å²) in [6.45, 7) is 11.7. The first-order chi connectivity index (χ1) is 10.2. The average Bonchev–Trinajstić information content (AvgIpc) is 2.38. The normalized spacial score (nSPS) is 14.2. The van der Waals surface area contributed by atoms with Gasteiger partial charge in [-0.3, -0.25) is 0 Å². The Hall–Kier alpha value is -1.39. The van der Waals surface area contributed by atoms with Gasteiger partial charge < -0.3 is 0 Å². The van der Waals surface area contributed by atoms with Crippen LogP contribution in [-0.2, 0) is 10.0 Å². The molecule has 122 valence electrons. The van der Waals surface area contributed by atoms with Crippen LogP contribution in [0.4, 0.5) is 0 Å². The van der Waals surface area contributed by atoms with Crippen LogP contribution in [0.3, 0.4) is 0 Å². The number of rotatable bonds is 8. The zero-order chi connectivity index (χ0) is 16.8. The molecule has 1 N–H and O–H groups in total. The molecule has 0 saturated heterocycles. The lowest BCUT2D eigenvalue weighted by molar-refractivity contribution is 0.392. The van der Waals surface area contributed by atoms with Crippen LogP contribution >= 0.6 is 0 Å². The van der Waals surface area contributed by atoms with E-state index in [9.17, 15) is 8.42 Å². The summed E-state index contributed by atoms with van der Waals surface area (Å²) in [6, 6.07) is 6.90. The molecule has 22 heavy (non-hydrogen) atoms. The maximum absolute atomic E-state index is 12.6. The molecule has 1 unspecified atom stereocenters. The van der Waals surface area contributed by atoms with Gasteiger partial charge in [0.05, 0.1) is 4.90 Å². The van der Waals surface area contributed by atoms with E-state index in [-0.39, 0.29) is 0 Å². The van der Waals surface area contributed by atoms with E-state index in [1.165, 1.54) is 5.57 Å². The molecule has 0 saturated carbocycles. The van der Waals surface area contributed by atoms with Crippen molar-refractivity contribution in [1.82, 2.24) is 4.72 Å². The van der Waals surface area contributed by atoms with E-state index >= 15 is 0 Å². The minimum Gasteiger partial charge on any atom is -0.207 e. The van der Waals surface area contributed by atoms with Crippen LogP contribution in [0.5, 0.6) is 0 Å². The van der Waals surface area contributed by atoms with E-state index in [2.05, 4.69) is 17.4 Å². The number of benzene rings is 1. The summed E-state index contributed by atoms with van der Waals surface area (Å²) in [7, 11) is -3.53. The van der Waals surface area contributed by atoms with E-state index in [0.717, 1.165) is 18.4 Å². The molecule has 0 fully saturated rings. The van der Waals surface area contributed by atoms with E-state index < -0.39 is 15.6 Å². The second kappa shape index (κ2) is 7.75. The molecule has 0 aliphatic carbocycles. The van der Waals surface area contributed by atoms with Crippen LogP contribution in [0.2, 0.25) is 0 Å². The van der Waals surface area contributed by atoms with E-state index in [0.29, 0.717) is 11.3 Å². The summed E-state index contributed by atoms with van der Waals surface area (Å²) < 4.78 is 28.0. The van der Waals surface area contributed by atoms with Crippen molar-refractivity contribution in [1.29, 1.82) is 0 Å². The SMILES string of the molecule is C=CCC(C)(CCC=C(C)C)NS(=O)(=O)c1ccc(C)cc1. The van der Waals surface area contributed by atoms with Crippen molar-refractivity contribution in [3.63, 3.8) is 0 Å². The Morgan fingerprint density at radius 1 is 1.27 bits per heavy atom. The maximum Gasteiger partial charge on any atom is 0.241 e. The molecule has 0 amide bonds. The average molecular weight is 321 g/mol. The first-order valence-corrected chi connectivity index (χ1v) is 9.02. The second-order valence-corrected chi connectivity index (χ2v) is 7.97. The lowest BCUT2D eigenvalue weighted by Gasteiger charge is -2.29. The third-order valence-electron chi connectivity index (χ3n) is 3.56. The largest absolute Gasteiger partial charge is 0.241 e. The van der Waals surface area contributed by atoms with Crippen LogP contribution in [0, 0.1) is 6.92 Å². The molecular formula is C18H27NO2S. The van der Waals surface area contributed by atoms with E-state index in [1.807, 2.05) is 39.8 Å². The highest BCUT2D eigenvalue weighted by Gasteiger charge is 2.28. The van der Waals surface area contributed by atoms with Crippen LogP contribution in [-0.4, -0.2) is 14.0 Å². The third-order valence-corrected chi connectivity index (χ3v) is 5.21. The molecular weight excluding hydrogens is 294 g/mol. The molecule has 0 radical (unpaired) electrons. The summed E-state index contributed by atoms with van der Waals surface area (Å²) in [5, 5.41) is 0. The molecule has 0 heterocycles. The van der Waals surface area contributed by atoms with Gasteiger partial charge in [-0.05, 0) is 59.1 Å². The molecule has 0 aliphatic heterocycles. The maximum atomic E-state index is 12.6. The van der Waals surface area contributed by atoms with Gasteiger partial charge in [-0.15, -0.1) is 6.58 Å². The van der Waals surface area contributed by atoms with Gasteiger partial charge in [-0.25, -0.2) is 13.1 Å². The predicted octanol–water partition coefficient (Wildman–Crippen LogP) is 4.35. The molecule has 1 aromatic carbocycles. The van der Waals surface area contributed by atoms with Gasteiger partial charge in [0.1, 0.15) is 0 Å². The van der Waals surface area contributed by atoms with Gasteiger partial charge in [0.2, 0.25) is 10.0 Å². The number of aryl methyl sites for hydroxylation is 1. The minimum absolute atomic E-state index is 0.301. The molecule has 1 aromatic rings. The first-order valence-electron chi connectivity index (χ1n) is 7.53. The van der Waals surface area contributed by atoms with Gasteiger partial charge in [-0.2, -0.15) is 0 Å². The van der Waals surface area contributed by atoms with Crippen LogP contribution in [0.1, 0.15) is 45.6 Å². The topological polar surface area (TPSA) is 46.2 Å². The van der Waals surface area contributed by atoms with Gasteiger partial charge in [0.25, 0.3) is 0 Å². The lowest BCUT2D eigenvalue weighted by atomic mass is 9.93. The summed E-state index contributed by atoms with van der Waals surface area (Å²) in [5.74, 6) is 0. The first kappa shape index (κ1) is 18.7. The molecule has 1 atom stereocenters. The lowest BCUT2D eigenvalue weighted by Crippen LogP contribution is -2.45. The van der Waals surface area contributed by atoms with Crippen molar-refractivity contribution >= 4 is 10.0 Å². The summed E-state index contributed by atoms with van der Waals surface area (Å²) in [6.07, 6.45) is 6.05. The van der Waals surface area contributed by atoms with Crippen molar-refractivity contribution in [2.24, 2.45) is 0 Å². The zero-order valence-corrected chi connectivity index (χ0v) is 14.8. The number of hydrogen-bond donors (Lipinski definition) is 1. The highest BCUT2D eigenvalue weighted by Crippen LogP contribution is 2.22. The van der Waals surface area contributed by atoms with Crippen molar-refractivity contribution in [3.8, 4) is 0 Å². The second-order valence-electron chi connectivity index (χ2n) is 6.29. The van der Waals surface area contributed by atoms with Crippen molar-refractivity contribution in [2.75, 3.05) is 0 Å². The fourth-order valence-electron chi connectivity index (χ4n) is 2.29. The van der Waals surface area contributed by atoms with E-state index in [4.69, 9.17) is 0 Å². The Balaban J connectivity index is 2.95. The monoisotopic (exact) mass is 321 g/mol. The number of sulfonamides is 1. The summed E-state index contributed by atoms with van der Waals surface area (Å²) in [5.41, 5.74) is 1.75. The fourth-order valence-corrected chi connectivity index (χ4v) is 3.74. The van der Waals surface area contributed by atoms with Crippen LogP contribution < -0.4 is 4.72 Å². The molecule has 4 heteroatoms. The van der Waals surface area contributed by atoms with Crippen molar-refractivity contribution in [3.05, 3.63) is 54.1 Å². The van der Waals surface area contributed by atoms with Crippen molar-refractivity contribution < 1.29 is 8.42 Å². The number of allylic oxidation sites excluding steroid dienone is 2. The van der Waals surface area contributed by atoms with Gasteiger partial charge in [0.15, 0.2) is 0 Å². The molecule has 0 bridgehead atoms. The molecule has 1 rings (SSSR count). The summed E-state index contributed by atoms with van der Waals surface area (Å²) in [4.78, 5) is 0.301. The van der Waals surface area contributed by atoms with E-state index in [1.54, 1.807) is 18.2 Å². The summed E-state index contributed by atoms with van der Waals surface area (Å²) >= 11 is 0. The predicted molar refractivity (Wildman–Crippen MR) is 93.4 cm³/mol. The third kappa shape index (κ3) is 5.78. The van der Waals surface area contributed by atoms with Crippen LogP contribution in [0.15, 0.2) is 53.5 Å².